The average molecular weight is 489 g/mol. The molecule has 1 saturated heterocycles. The molecule has 4 heterocycles. The largest absolute Gasteiger partial charge is 0.425 e. The Morgan fingerprint density at radius 1 is 1.48 bits per heavy atom. The second-order valence-electron chi connectivity index (χ2n) is 8.69. The van der Waals surface area contributed by atoms with Crippen molar-refractivity contribution in [3.63, 3.8) is 0 Å². The second-order valence-corrected chi connectivity index (χ2v) is 9.74. The highest BCUT2D eigenvalue weighted by Gasteiger charge is 2.48. The monoisotopic (exact) mass is 488 g/mol. The molecule has 182 valence electrons. The van der Waals surface area contributed by atoms with E-state index in [-0.39, 0.29) is 19.2 Å². The highest BCUT2D eigenvalue weighted by atomic mass is 32.1. The van der Waals surface area contributed by atoms with Crippen LogP contribution in [0.2, 0.25) is 0 Å². The molecule has 2 aliphatic rings. The minimum Gasteiger partial charge on any atom is -0.386 e. The number of carbonyl (C=O) groups excluding carboxylic acids is 1. The van der Waals surface area contributed by atoms with Crippen LogP contribution in [0.5, 0.6) is 0 Å². The fraction of sp³-hybridized carbons (Fsp3) is 0.619. The third-order valence-corrected chi connectivity index (χ3v) is 7.74. The molecule has 2 aromatic heterocycles. The molecular formula is C21H27F3N4O4S. The van der Waals surface area contributed by atoms with E-state index in [1.165, 1.54) is 11.7 Å². The molecule has 2 aliphatic heterocycles. The number of aromatic nitrogens is 2. The van der Waals surface area contributed by atoms with Crippen LogP contribution in [0.3, 0.4) is 0 Å². The number of carbonyl (C=O) groups is 1. The van der Waals surface area contributed by atoms with E-state index in [1.807, 2.05) is 6.92 Å². The minimum absolute atomic E-state index is 0.0121. The quantitative estimate of drug-likeness (QED) is 0.596. The topological polar surface area (TPSA) is 99.9 Å². The Hall–Kier alpha value is -1.99. The average Bonchev–Trinajstić information content (AvgIpc) is 3.40. The van der Waals surface area contributed by atoms with Crippen LogP contribution in [0, 0.1) is 0 Å². The highest BCUT2D eigenvalue weighted by Crippen LogP contribution is 2.51. The molecule has 4 atom stereocenters. The van der Waals surface area contributed by atoms with Crippen LogP contribution in [0.25, 0.3) is 0 Å². The molecule has 33 heavy (non-hydrogen) atoms. The SMILES string of the molecule is CNC(=O)[C@@H](O)Cn1cc(CN2CC[C@]3(C[C@@H]2C)OC[C@@H](O)c2cc(C(F)(F)F)sc23)cn1. The van der Waals surface area contributed by atoms with Crippen molar-refractivity contribution in [2.75, 3.05) is 20.2 Å². The summed E-state index contributed by atoms with van der Waals surface area (Å²) in [4.78, 5) is 13.5. The number of aliphatic hydroxyl groups is 2. The van der Waals surface area contributed by atoms with Crippen molar-refractivity contribution < 1.29 is 32.9 Å². The Labute approximate surface area is 193 Å². The number of nitrogens with zero attached hydrogens (tertiary/aromatic N) is 3. The van der Waals surface area contributed by atoms with Gasteiger partial charge in [-0.1, -0.05) is 0 Å². The number of thiophene rings is 1. The number of alkyl halides is 3. The van der Waals surface area contributed by atoms with Crippen molar-refractivity contribution in [3.05, 3.63) is 39.3 Å². The van der Waals surface area contributed by atoms with Gasteiger partial charge in [-0.2, -0.15) is 18.3 Å². The van der Waals surface area contributed by atoms with Gasteiger partial charge < -0.3 is 20.3 Å². The zero-order valence-corrected chi connectivity index (χ0v) is 19.1. The zero-order chi connectivity index (χ0) is 24.0. The maximum Gasteiger partial charge on any atom is 0.425 e. The van der Waals surface area contributed by atoms with Gasteiger partial charge in [0.2, 0.25) is 0 Å². The minimum atomic E-state index is -4.46. The van der Waals surface area contributed by atoms with E-state index in [2.05, 4.69) is 15.3 Å². The number of aliphatic hydroxyl groups excluding tert-OH is 2. The summed E-state index contributed by atoms with van der Waals surface area (Å²) in [6.07, 6.45) is -2.25. The van der Waals surface area contributed by atoms with E-state index in [9.17, 15) is 28.2 Å². The van der Waals surface area contributed by atoms with Gasteiger partial charge >= 0.3 is 6.18 Å². The van der Waals surface area contributed by atoms with Crippen LogP contribution >= 0.6 is 11.3 Å². The summed E-state index contributed by atoms with van der Waals surface area (Å²) < 4.78 is 47.5. The van der Waals surface area contributed by atoms with E-state index >= 15 is 0 Å². The highest BCUT2D eigenvalue weighted by molar-refractivity contribution is 7.12. The molecule has 0 saturated carbocycles. The molecular weight excluding hydrogens is 461 g/mol. The molecule has 0 aliphatic carbocycles. The number of rotatable bonds is 5. The predicted molar refractivity (Wildman–Crippen MR) is 113 cm³/mol. The Morgan fingerprint density at radius 2 is 2.24 bits per heavy atom. The van der Waals surface area contributed by atoms with Crippen LogP contribution in [-0.4, -0.2) is 63.1 Å². The van der Waals surface area contributed by atoms with Gasteiger partial charge in [0.05, 0.1) is 19.3 Å². The maximum absolute atomic E-state index is 13.3. The Morgan fingerprint density at radius 3 is 2.91 bits per heavy atom. The van der Waals surface area contributed by atoms with Crippen LogP contribution in [0.1, 0.15) is 46.8 Å². The van der Waals surface area contributed by atoms with Gasteiger partial charge in [0.25, 0.3) is 5.91 Å². The fourth-order valence-corrected chi connectivity index (χ4v) is 5.88. The molecule has 8 nitrogen and oxygen atoms in total. The fourth-order valence-electron chi connectivity index (χ4n) is 4.62. The number of likely N-dealkylation sites (tertiary alicyclic amines) is 1. The molecule has 1 spiro atoms. The Balaban J connectivity index is 1.45. The number of amides is 1. The van der Waals surface area contributed by atoms with Gasteiger partial charge in [0.1, 0.15) is 16.6 Å². The van der Waals surface area contributed by atoms with E-state index in [4.69, 9.17) is 4.74 Å². The number of likely N-dealkylation sites (N-methyl/N-ethyl adjacent to an activating group) is 1. The molecule has 0 radical (unpaired) electrons. The summed E-state index contributed by atoms with van der Waals surface area (Å²) in [5, 5.41) is 26.7. The van der Waals surface area contributed by atoms with Crippen molar-refractivity contribution in [2.24, 2.45) is 0 Å². The zero-order valence-electron chi connectivity index (χ0n) is 18.3. The lowest BCUT2D eigenvalue weighted by molar-refractivity contribution is -0.139. The van der Waals surface area contributed by atoms with Crippen LogP contribution in [-0.2, 0) is 34.4 Å². The number of halogens is 3. The van der Waals surface area contributed by atoms with Crippen LogP contribution in [0.15, 0.2) is 18.5 Å². The predicted octanol–water partition coefficient (Wildman–Crippen LogP) is 2.01. The first kappa shape index (κ1) is 24.1. The number of ether oxygens (including phenoxy) is 1. The number of piperidine rings is 1. The van der Waals surface area contributed by atoms with Gasteiger partial charge in [-0.3, -0.25) is 14.4 Å². The number of hydrogen-bond donors (Lipinski definition) is 3. The lowest BCUT2D eigenvalue weighted by Crippen LogP contribution is -2.50. The molecule has 1 fully saturated rings. The Kier molecular flexibility index (Phi) is 6.58. The van der Waals surface area contributed by atoms with Gasteiger partial charge in [-0.15, -0.1) is 11.3 Å². The Bertz CT molecular complexity index is 1010. The standard InChI is InChI=1S/C21H27F3N4O4S/c1-12-6-20(18-14(16(30)11-32-20)5-17(33-18)21(22,23)24)3-4-27(12)8-13-7-26-28(9-13)10-15(29)19(31)25-2/h5,7,9,12,15-16,29-30H,3-4,6,8,10-11H2,1-2H3,(H,25,31)/t12-,15-,16+,20+/m0/s1. The third kappa shape index (κ3) is 4.80. The van der Waals surface area contributed by atoms with E-state index in [1.54, 1.807) is 12.4 Å². The van der Waals surface area contributed by atoms with Gasteiger partial charge in [-0.25, -0.2) is 0 Å². The number of nitrogens with one attached hydrogen (secondary N) is 1. The van der Waals surface area contributed by atoms with Crippen molar-refractivity contribution in [2.45, 2.75) is 62.9 Å². The number of fused-ring (bicyclic) bond motifs is 2. The summed E-state index contributed by atoms with van der Waals surface area (Å²) >= 11 is 0.674. The van der Waals surface area contributed by atoms with E-state index in [0.29, 0.717) is 47.7 Å². The van der Waals surface area contributed by atoms with E-state index in [0.717, 1.165) is 11.6 Å². The molecule has 0 unspecified atom stereocenters. The van der Waals surface area contributed by atoms with Gasteiger partial charge in [-0.05, 0) is 25.8 Å². The smallest absolute Gasteiger partial charge is 0.386 e. The summed E-state index contributed by atoms with van der Waals surface area (Å²) in [7, 11) is 1.45. The summed E-state index contributed by atoms with van der Waals surface area (Å²) in [5.41, 5.74) is 0.397. The van der Waals surface area contributed by atoms with Gasteiger partial charge in [0.15, 0.2) is 6.10 Å². The maximum atomic E-state index is 13.3. The summed E-state index contributed by atoms with van der Waals surface area (Å²) in [6.45, 7) is 3.20. The van der Waals surface area contributed by atoms with Gasteiger partial charge in [0, 0.05) is 48.4 Å². The summed E-state index contributed by atoms with van der Waals surface area (Å²) in [5.74, 6) is -0.485. The molecule has 1 amide bonds. The normalized spacial score (nSPS) is 26.9. The summed E-state index contributed by atoms with van der Waals surface area (Å²) in [6, 6.07) is 1.08. The molecule has 0 bridgehead atoms. The molecule has 3 N–H and O–H groups in total. The van der Waals surface area contributed by atoms with Crippen LogP contribution < -0.4 is 5.32 Å². The lowest BCUT2D eigenvalue weighted by atomic mass is 9.81. The van der Waals surface area contributed by atoms with E-state index < -0.39 is 34.8 Å². The molecule has 12 heteroatoms. The first-order chi connectivity index (χ1) is 15.5. The van der Waals surface area contributed by atoms with Crippen molar-refractivity contribution >= 4 is 17.2 Å². The molecule has 0 aromatic carbocycles. The first-order valence-electron chi connectivity index (χ1n) is 10.7. The second kappa shape index (κ2) is 8.99. The van der Waals surface area contributed by atoms with Crippen LogP contribution in [0.4, 0.5) is 13.2 Å². The van der Waals surface area contributed by atoms with Crippen molar-refractivity contribution in [1.29, 1.82) is 0 Å². The van der Waals surface area contributed by atoms with Crippen molar-refractivity contribution in [3.8, 4) is 0 Å². The first-order valence-corrected chi connectivity index (χ1v) is 11.5. The number of hydrogen-bond acceptors (Lipinski definition) is 7. The molecule has 4 rings (SSSR count). The van der Waals surface area contributed by atoms with Crippen molar-refractivity contribution in [1.82, 2.24) is 20.0 Å². The lowest BCUT2D eigenvalue weighted by Gasteiger charge is -2.47. The third-order valence-electron chi connectivity index (χ3n) is 6.36. The molecule has 2 aromatic rings.